The Hall–Kier alpha value is -1.47. The molecule has 1 N–H and O–H groups in total. The Labute approximate surface area is 103 Å². The maximum Gasteiger partial charge on any atom is 0.339 e. The fourth-order valence-corrected chi connectivity index (χ4v) is 1.49. The van der Waals surface area contributed by atoms with Gasteiger partial charge in [0, 0.05) is 10.9 Å². The van der Waals surface area contributed by atoms with Crippen molar-refractivity contribution in [2.75, 3.05) is 6.61 Å². The summed E-state index contributed by atoms with van der Waals surface area (Å²) in [7, 11) is 0. The fourth-order valence-electron chi connectivity index (χ4n) is 1.15. The molecular weight excluding hydrogens is 272 g/mol. The summed E-state index contributed by atoms with van der Waals surface area (Å²) in [5.41, 5.74) is 0.156. The van der Waals surface area contributed by atoms with Gasteiger partial charge in [0.15, 0.2) is 0 Å². The van der Waals surface area contributed by atoms with Gasteiger partial charge in [0.1, 0.15) is 11.3 Å². The highest BCUT2D eigenvalue weighted by Crippen LogP contribution is 2.24. The van der Waals surface area contributed by atoms with E-state index in [0.29, 0.717) is 25.2 Å². The van der Waals surface area contributed by atoms with Crippen LogP contribution in [-0.2, 0) is 0 Å². The average molecular weight is 283 g/mol. The standard InChI is InChI=1S/C12H11BrO3/c1-2-3-4-7-16-11-8-9(13)5-6-10(11)12(14)15/h1,5-6,8H,3-4,7H2,(H,14,15). The molecule has 0 bridgehead atoms. The monoisotopic (exact) mass is 282 g/mol. The highest BCUT2D eigenvalue weighted by Gasteiger charge is 2.11. The van der Waals surface area contributed by atoms with Gasteiger partial charge in [-0.1, -0.05) is 15.9 Å². The molecular formula is C12H11BrO3. The molecule has 4 heteroatoms. The summed E-state index contributed by atoms with van der Waals surface area (Å²) in [6.07, 6.45) is 6.43. The Morgan fingerprint density at radius 1 is 1.56 bits per heavy atom. The molecule has 0 aromatic heterocycles. The smallest absolute Gasteiger partial charge is 0.339 e. The van der Waals surface area contributed by atoms with Crippen molar-refractivity contribution >= 4 is 21.9 Å². The molecule has 3 nitrogen and oxygen atoms in total. The van der Waals surface area contributed by atoms with Crippen molar-refractivity contribution in [2.45, 2.75) is 12.8 Å². The summed E-state index contributed by atoms with van der Waals surface area (Å²) in [6.45, 7) is 0.418. The van der Waals surface area contributed by atoms with Crippen LogP contribution >= 0.6 is 15.9 Å². The van der Waals surface area contributed by atoms with Gasteiger partial charge in [0.25, 0.3) is 0 Å². The van der Waals surface area contributed by atoms with E-state index in [1.54, 1.807) is 12.1 Å². The van der Waals surface area contributed by atoms with Crippen LogP contribution in [0.5, 0.6) is 5.75 Å². The summed E-state index contributed by atoms with van der Waals surface area (Å²) in [5.74, 6) is 1.86. The third-order valence-corrected chi connectivity index (χ3v) is 2.39. The number of aromatic carboxylic acids is 1. The lowest BCUT2D eigenvalue weighted by Gasteiger charge is -2.08. The van der Waals surface area contributed by atoms with Crippen LogP contribution in [0.25, 0.3) is 0 Å². The third-order valence-electron chi connectivity index (χ3n) is 1.90. The van der Waals surface area contributed by atoms with Crippen LogP contribution in [0.1, 0.15) is 23.2 Å². The van der Waals surface area contributed by atoms with Crippen LogP contribution in [0.15, 0.2) is 22.7 Å². The van der Waals surface area contributed by atoms with Crippen molar-refractivity contribution in [2.24, 2.45) is 0 Å². The number of terminal acetylenes is 1. The molecule has 0 aliphatic rings. The minimum atomic E-state index is -1.00. The van der Waals surface area contributed by atoms with Gasteiger partial charge < -0.3 is 9.84 Å². The normalized spacial score (nSPS) is 9.50. The summed E-state index contributed by atoms with van der Waals surface area (Å²) in [5, 5.41) is 8.93. The molecule has 0 saturated carbocycles. The number of carbonyl (C=O) groups is 1. The number of ether oxygens (including phenoxy) is 1. The van der Waals surface area contributed by atoms with E-state index in [0.717, 1.165) is 4.47 Å². The van der Waals surface area contributed by atoms with Gasteiger partial charge in [-0.05, 0) is 24.6 Å². The van der Waals surface area contributed by atoms with E-state index in [2.05, 4.69) is 21.9 Å². The van der Waals surface area contributed by atoms with Gasteiger partial charge >= 0.3 is 5.97 Å². The average Bonchev–Trinajstić information content (AvgIpc) is 2.24. The highest BCUT2D eigenvalue weighted by atomic mass is 79.9. The van der Waals surface area contributed by atoms with Gasteiger partial charge in [-0.2, -0.15) is 0 Å². The predicted molar refractivity (Wildman–Crippen MR) is 64.7 cm³/mol. The van der Waals surface area contributed by atoms with Gasteiger partial charge in [0.2, 0.25) is 0 Å². The van der Waals surface area contributed by atoms with E-state index >= 15 is 0 Å². The van der Waals surface area contributed by atoms with Gasteiger partial charge in [0.05, 0.1) is 6.61 Å². The summed E-state index contributed by atoms with van der Waals surface area (Å²) >= 11 is 3.26. The van der Waals surface area contributed by atoms with Crippen molar-refractivity contribution in [1.29, 1.82) is 0 Å². The first-order valence-electron chi connectivity index (χ1n) is 4.74. The first-order chi connectivity index (χ1) is 7.65. The predicted octanol–water partition coefficient (Wildman–Crippen LogP) is 2.94. The Bertz CT molecular complexity index is 421. The van der Waals surface area contributed by atoms with Crippen molar-refractivity contribution in [3.05, 3.63) is 28.2 Å². The zero-order valence-electron chi connectivity index (χ0n) is 8.57. The maximum atomic E-state index is 10.9. The third kappa shape index (κ3) is 3.59. The van der Waals surface area contributed by atoms with Crippen LogP contribution in [-0.4, -0.2) is 17.7 Å². The van der Waals surface area contributed by atoms with Crippen LogP contribution < -0.4 is 4.74 Å². The summed E-state index contributed by atoms with van der Waals surface area (Å²) in [6, 6.07) is 4.81. The second-order valence-corrected chi connectivity index (χ2v) is 4.02. The molecule has 0 radical (unpaired) electrons. The van der Waals surface area contributed by atoms with Gasteiger partial charge in [-0.3, -0.25) is 0 Å². The lowest BCUT2D eigenvalue weighted by molar-refractivity contribution is 0.0692. The number of carboxylic acids is 1. The minimum absolute atomic E-state index is 0.156. The van der Waals surface area contributed by atoms with E-state index in [1.165, 1.54) is 6.07 Å². The number of halogens is 1. The van der Waals surface area contributed by atoms with Crippen molar-refractivity contribution < 1.29 is 14.6 Å². The van der Waals surface area contributed by atoms with E-state index in [1.807, 2.05) is 0 Å². The zero-order valence-corrected chi connectivity index (χ0v) is 10.2. The largest absolute Gasteiger partial charge is 0.493 e. The van der Waals surface area contributed by atoms with Crippen LogP contribution in [0.3, 0.4) is 0 Å². The van der Waals surface area contributed by atoms with Crippen LogP contribution in [0.2, 0.25) is 0 Å². The molecule has 0 unspecified atom stereocenters. The highest BCUT2D eigenvalue weighted by molar-refractivity contribution is 9.10. The second-order valence-electron chi connectivity index (χ2n) is 3.10. The summed E-state index contributed by atoms with van der Waals surface area (Å²) in [4.78, 5) is 10.9. The minimum Gasteiger partial charge on any atom is -0.493 e. The SMILES string of the molecule is C#CCCCOc1cc(Br)ccc1C(=O)O. The Balaban J connectivity index is 2.73. The molecule has 84 valence electrons. The van der Waals surface area contributed by atoms with E-state index in [-0.39, 0.29) is 5.56 Å². The molecule has 0 amide bonds. The number of carboxylic acid groups (broad SMARTS) is 1. The number of hydrogen-bond donors (Lipinski definition) is 1. The molecule has 0 fully saturated rings. The van der Waals surface area contributed by atoms with E-state index in [9.17, 15) is 4.79 Å². The number of rotatable bonds is 5. The van der Waals surface area contributed by atoms with Crippen molar-refractivity contribution in [3.63, 3.8) is 0 Å². The maximum absolute atomic E-state index is 10.9. The van der Waals surface area contributed by atoms with E-state index in [4.69, 9.17) is 16.3 Å². The van der Waals surface area contributed by atoms with Gasteiger partial charge in [-0.25, -0.2) is 4.79 Å². The Kier molecular flexibility index (Phi) is 4.87. The molecule has 16 heavy (non-hydrogen) atoms. The van der Waals surface area contributed by atoms with Crippen molar-refractivity contribution in [1.82, 2.24) is 0 Å². The first-order valence-corrected chi connectivity index (χ1v) is 5.53. The molecule has 0 atom stereocenters. The molecule has 0 spiro atoms. The number of unbranched alkanes of at least 4 members (excludes halogenated alkanes) is 1. The molecule has 0 aliphatic heterocycles. The second kappa shape index (κ2) is 6.19. The van der Waals surface area contributed by atoms with E-state index < -0.39 is 5.97 Å². The van der Waals surface area contributed by atoms with Crippen LogP contribution in [0, 0.1) is 12.3 Å². The fraction of sp³-hybridized carbons (Fsp3) is 0.250. The lowest BCUT2D eigenvalue weighted by Crippen LogP contribution is -2.04. The molecule has 0 aliphatic carbocycles. The Morgan fingerprint density at radius 2 is 2.31 bits per heavy atom. The van der Waals surface area contributed by atoms with Crippen LogP contribution in [0.4, 0.5) is 0 Å². The number of hydrogen-bond acceptors (Lipinski definition) is 2. The zero-order chi connectivity index (χ0) is 12.0. The van der Waals surface area contributed by atoms with Crippen molar-refractivity contribution in [3.8, 4) is 18.1 Å². The first kappa shape index (κ1) is 12.6. The molecule has 1 aromatic carbocycles. The molecule has 1 aromatic rings. The Morgan fingerprint density at radius 3 is 2.94 bits per heavy atom. The summed E-state index contributed by atoms with van der Waals surface area (Å²) < 4.78 is 6.16. The topological polar surface area (TPSA) is 46.5 Å². The molecule has 1 rings (SSSR count). The number of benzene rings is 1. The van der Waals surface area contributed by atoms with Gasteiger partial charge in [-0.15, -0.1) is 12.3 Å². The quantitative estimate of drug-likeness (QED) is 0.667. The molecule has 0 saturated heterocycles. The lowest BCUT2D eigenvalue weighted by atomic mass is 10.2. The molecule has 0 heterocycles.